The molecule has 0 saturated carbocycles. The number of hydrogen-bond acceptors (Lipinski definition) is 3. The number of imidazole rings is 1. The number of H-pyrrole nitrogens is 1. The van der Waals surface area contributed by atoms with E-state index in [-0.39, 0.29) is 6.04 Å². The van der Waals surface area contributed by atoms with E-state index in [0.29, 0.717) is 0 Å². The van der Waals surface area contributed by atoms with E-state index < -0.39 is 0 Å². The number of hydrogen-bond donors (Lipinski definition) is 2. The highest BCUT2D eigenvalue weighted by molar-refractivity contribution is 5.58. The van der Waals surface area contributed by atoms with E-state index >= 15 is 0 Å². The Kier molecular flexibility index (Phi) is 7.68. The third-order valence-electron chi connectivity index (χ3n) is 5.06. The average Bonchev–Trinajstić information content (AvgIpc) is 3.24. The Labute approximate surface area is 168 Å². The van der Waals surface area contributed by atoms with E-state index in [4.69, 9.17) is 9.72 Å². The predicted octanol–water partition coefficient (Wildman–Crippen LogP) is 5.89. The number of nitrogens with zero attached hydrogens (tertiary/aromatic N) is 1. The molecule has 1 atom stereocenters. The Balaban J connectivity index is 1.68. The molecule has 1 aromatic heterocycles. The van der Waals surface area contributed by atoms with E-state index in [1.54, 1.807) is 7.11 Å². The van der Waals surface area contributed by atoms with Gasteiger partial charge in [0.15, 0.2) is 0 Å². The van der Waals surface area contributed by atoms with Crippen LogP contribution in [0.4, 0.5) is 0 Å². The number of benzene rings is 2. The van der Waals surface area contributed by atoms with Crippen LogP contribution in [0.5, 0.6) is 5.75 Å². The molecule has 3 rings (SSSR count). The maximum absolute atomic E-state index is 5.25. The molecule has 0 amide bonds. The molecule has 0 aliphatic heterocycles. The zero-order valence-corrected chi connectivity index (χ0v) is 16.9. The fourth-order valence-electron chi connectivity index (χ4n) is 3.37. The number of aromatic nitrogens is 2. The van der Waals surface area contributed by atoms with Gasteiger partial charge in [-0.1, -0.05) is 75.1 Å². The van der Waals surface area contributed by atoms with E-state index in [1.807, 2.05) is 36.5 Å². The standard InChI is InChI=1S/C24H31N3O/c1-3-4-5-9-12-22(25-17-19-13-15-21(28-2)16-14-19)24-26-18-23(27-24)20-10-7-6-8-11-20/h6-8,10-11,13-16,18,22,25H,3-5,9,12,17H2,1-2H3,(H,26,27)/t22-/m1/s1. The van der Waals surface area contributed by atoms with E-state index in [2.05, 4.69) is 41.5 Å². The van der Waals surface area contributed by atoms with Crippen molar-refractivity contribution in [3.63, 3.8) is 0 Å². The molecule has 0 aliphatic carbocycles. The first kappa shape index (κ1) is 20.2. The smallest absolute Gasteiger partial charge is 0.124 e. The van der Waals surface area contributed by atoms with Crippen molar-refractivity contribution in [3.8, 4) is 17.0 Å². The van der Waals surface area contributed by atoms with Gasteiger partial charge in [-0.15, -0.1) is 0 Å². The van der Waals surface area contributed by atoms with E-state index in [1.165, 1.54) is 31.2 Å². The van der Waals surface area contributed by atoms with Crippen LogP contribution in [0.2, 0.25) is 0 Å². The summed E-state index contributed by atoms with van der Waals surface area (Å²) in [6, 6.07) is 18.8. The van der Waals surface area contributed by atoms with Crippen LogP contribution < -0.4 is 10.1 Å². The molecule has 0 bridgehead atoms. The van der Waals surface area contributed by atoms with Gasteiger partial charge in [-0.05, 0) is 24.1 Å². The fourth-order valence-corrected chi connectivity index (χ4v) is 3.37. The average molecular weight is 378 g/mol. The van der Waals surface area contributed by atoms with Crippen molar-refractivity contribution in [2.75, 3.05) is 7.11 Å². The molecule has 1 heterocycles. The minimum absolute atomic E-state index is 0.219. The molecule has 0 unspecified atom stereocenters. The van der Waals surface area contributed by atoms with Crippen LogP contribution in [0.1, 0.15) is 56.5 Å². The summed E-state index contributed by atoms with van der Waals surface area (Å²) in [6.07, 6.45) is 8.11. The highest BCUT2D eigenvalue weighted by Gasteiger charge is 2.15. The third kappa shape index (κ3) is 5.70. The lowest BCUT2D eigenvalue weighted by Crippen LogP contribution is -2.22. The normalized spacial score (nSPS) is 12.1. The van der Waals surface area contributed by atoms with Crippen molar-refractivity contribution in [1.82, 2.24) is 15.3 Å². The summed E-state index contributed by atoms with van der Waals surface area (Å²) >= 11 is 0. The number of rotatable bonds is 11. The maximum atomic E-state index is 5.25. The zero-order valence-electron chi connectivity index (χ0n) is 16.9. The van der Waals surface area contributed by atoms with Crippen LogP contribution in [-0.4, -0.2) is 17.1 Å². The summed E-state index contributed by atoms with van der Waals surface area (Å²) in [7, 11) is 1.70. The van der Waals surface area contributed by atoms with Gasteiger partial charge in [0.05, 0.1) is 18.8 Å². The SMILES string of the molecule is CCCCCC[C@@H](NCc1ccc(OC)cc1)c1nc(-c2ccccc2)c[nH]1. The highest BCUT2D eigenvalue weighted by Crippen LogP contribution is 2.23. The van der Waals surface area contributed by atoms with Gasteiger partial charge in [-0.25, -0.2) is 4.98 Å². The molecule has 0 radical (unpaired) electrons. The first-order chi connectivity index (χ1) is 13.8. The second kappa shape index (κ2) is 10.7. The minimum atomic E-state index is 0.219. The van der Waals surface area contributed by atoms with Crippen molar-refractivity contribution in [3.05, 3.63) is 72.2 Å². The van der Waals surface area contributed by atoms with E-state index in [9.17, 15) is 0 Å². The van der Waals surface area contributed by atoms with Gasteiger partial charge in [0, 0.05) is 18.3 Å². The predicted molar refractivity (Wildman–Crippen MR) is 115 cm³/mol. The summed E-state index contributed by atoms with van der Waals surface area (Å²) in [6.45, 7) is 3.06. The topological polar surface area (TPSA) is 49.9 Å². The van der Waals surface area contributed by atoms with Gasteiger partial charge in [0.1, 0.15) is 11.6 Å². The number of nitrogens with one attached hydrogen (secondary N) is 2. The Hall–Kier alpha value is -2.59. The summed E-state index contributed by atoms with van der Waals surface area (Å²) in [5.41, 5.74) is 3.39. The van der Waals surface area contributed by atoms with Crippen LogP contribution in [-0.2, 0) is 6.54 Å². The Morgan fingerprint density at radius 3 is 2.50 bits per heavy atom. The Morgan fingerprint density at radius 1 is 1.00 bits per heavy atom. The summed E-state index contributed by atoms with van der Waals surface area (Å²) < 4.78 is 5.25. The van der Waals surface area contributed by atoms with Crippen LogP contribution in [0.15, 0.2) is 60.8 Å². The highest BCUT2D eigenvalue weighted by atomic mass is 16.5. The Bertz CT molecular complexity index is 811. The Morgan fingerprint density at radius 2 is 1.79 bits per heavy atom. The lowest BCUT2D eigenvalue weighted by Gasteiger charge is -2.17. The van der Waals surface area contributed by atoms with Crippen molar-refractivity contribution in [2.45, 2.75) is 51.6 Å². The second-order valence-corrected chi connectivity index (χ2v) is 7.17. The van der Waals surface area contributed by atoms with Gasteiger partial charge >= 0.3 is 0 Å². The van der Waals surface area contributed by atoms with Crippen LogP contribution in [0.3, 0.4) is 0 Å². The number of unbranched alkanes of at least 4 members (excludes halogenated alkanes) is 3. The van der Waals surface area contributed by atoms with Crippen molar-refractivity contribution in [2.24, 2.45) is 0 Å². The van der Waals surface area contributed by atoms with Gasteiger partial charge in [-0.2, -0.15) is 0 Å². The van der Waals surface area contributed by atoms with Crippen LogP contribution in [0, 0.1) is 0 Å². The summed E-state index contributed by atoms with van der Waals surface area (Å²) in [4.78, 5) is 8.29. The van der Waals surface area contributed by atoms with Crippen molar-refractivity contribution in [1.29, 1.82) is 0 Å². The largest absolute Gasteiger partial charge is 0.497 e. The van der Waals surface area contributed by atoms with E-state index in [0.717, 1.165) is 35.8 Å². The lowest BCUT2D eigenvalue weighted by molar-refractivity contribution is 0.414. The zero-order chi connectivity index (χ0) is 19.6. The van der Waals surface area contributed by atoms with Crippen molar-refractivity contribution >= 4 is 0 Å². The van der Waals surface area contributed by atoms with Crippen LogP contribution in [0.25, 0.3) is 11.3 Å². The third-order valence-corrected chi connectivity index (χ3v) is 5.06. The first-order valence-electron chi connectivity index (χ1n) is 10.3. The summed E-state index contributed by atoms with van der Waals surface area (Å²) in [5.74, 6) is 1.90. The molecular weight excluding hydrogens is 346 g/mol. The molecule has 2 aromatic carbocycles. The molecule has 0 saturated heterocycles. The van der Waals surface area contributed by atoms with Crippen molar-refractivity contribution < 1.29 is 4.74 Å². The molecule has 4 heteroatoms. The monoisotopic (exact) mass is 377 g/mol. The van der Waals surface area contributed by atoms with Crippen LogP contribution >= 0.6 is 0 Å². The first-order valence-corrected chi connectivity index (χ1v) is 10.3. The summed E-state index contributed by atoms with van der Waals surface area (Å²) in [5, 5.41) is 3.70. The number of ether oxygens (including phenoxy) is 1. The van der Waals surface area contributed by atoms with Gasteiger partial charge < -0.3 is 15.0 Å². The molecule has 3 aromatic rings. The number of methoxy groups -OCH3 is 1. The number of aromatic amines is 1. The molecular formula is C24H31N3O. The molecule has 0 fully saturated rings. The molecule has 0 aliphatic rings. The van der Waals surface area contributed by atoms with Gasteiger partial charge in [-0.3, -0.25) is 0 Å². The molecule has 28 heavy (non-hydrogen) atoms. The second-order valence-electron chi connectivity index (χ2n) is 7.17. The van der Waals surface area contributed by atoms with Gasteiger partial charge in [0.2, 0.25) is 0 Å². The van der Waals surface area contributed by atoms with Gasteiger partial charge in [0.25, 0.3) is 0 Å². The fraction of sp³-hybridized carbons (Fsp3) is 0.375. The molecule has 4 nitrogen and oxygen atoms in total. The maximum Gasteiger partial charge on any atom is 0.124 e. The molecule has 0 spiro atoms. The molecule has 2 N–H and O–H groups in total. The quantitative estimate of drug-likeness (QED) is 0.410. The molecule has 148 valence electrons. The lowest BCUT2D eigenvalue weighted by atomic mass is 10.1. The minimum Gasteiger partial charge on any atom is -0.497 e.